The molecule has 0 bridgehead atoms. The first kappa shape index (κ1) is 20.6. The second kappa shape index (κ2) is 9.44. The Hall–Kier alpha value is -3.65. The SMILES string of the molecule is COc1ccc(-n2cnnc2SC(C(=O)Nc2ccc(F)cc2)c2ccccc2)cc1. The van der Waals surface area contributed by atoms with Gasteiger partial charge in [-0.05, 0) is 54.1 Å². The maximum absolute atomic E-state index is 13.2. The molecule has 1 unspecified atom stereocenters. The fourth-order valence-corrected chi connectivity index (χ4v) is 4.00. The Bertz CT molecular complexity index is 1150. The van der Waals surface area contributed by atoms with E-state index >= 15 is 0 Å². The van der Waals surface area contributed by atoms with E-state index < -0.39 is 5.25 Å². The van der Waals surface area contributed by atoms with E-state index in [-0.39, 0.29) is 11.7 Å². The average molecular weight is 434 g/mol. The molecule has 6 nitrogen and oxygen atoms in total. The molecule has 1 heterocycles. The molecule has 31 heavy (non-hydrogen) atoms. The Morgan fingerprint density at radius 2 is 1.74 bits per heavy atom. The van der Waals surface area contributed by atoms with Gasteiger partial charge in [0.05, 0.1) is 7.11 Å². The van der Waals surface area contributed by atoms with Crippen molar-refractivity contribution in [3.63, 3.8) is 0 Å². The molecule has 3 aromatic carbocycles. The highest BCUT2D eigenvalue weighted by Crippen LogP contribution is 2.36. The molecule has 0 spiro atoms. The van der Waals surface area contributed by atoms with E-state index in [9.17, 15) is 9.18 Å². The number of carbonyl (C=O) groups excluding carboxylic acids is 1. The number of nitrogens with zero attached hydrogens (tertiary/aromatic N) is 3. The van der Waals surface area contributed by atoms with Crippen molar-refractivity contribution < 1.29 is 13.9 Å². The first-order valence-electron chi connectivity index (χ1n) is 9.46. The van der Waals surface area contributed by atoms with E-state index in [0.717, 1.165) is 17.0 Å². The summed E-state index contributed by atoms with van der Waals surface area (Å²) in [7, 11) is 1.61. The van der Waals surface area contributed by atoms with Gasteiger partial charge in [-0.15, -0.1) is 10.2 Å². The van der Waals surface area contributed by atoms with Crippen LogP contribution in [-0.4, -0.2) is 27.8 Å². The zero-order valence-corrected chi connectivity index (χ0v) is 17.4. The first-order chi connectivity index (χ1) is 15.1. The number of benzene rings is 3. The number of aromatic nitrogens is 3. The molecule has 0 fully saturated rings. The summed E-state index contributed by atoms with van der Waals surface area (Å²) < 4.78 is 20.2. The lowest BCUT2D eigenvalue weighted by Crippen LogP contribution is -2.19. The number of hydrogen-bond acceptors (Lipinski definition) is 5. The number of carbonyl (C=O) groups is 1. The Morgan fingerprint density at radius 1 is 1.03 bits per heavy atom. The van der Waals surface area contributed by atoms with Crippen molar-refractivity contribution in [2.45, 2.75) is 10.4 Å². The summed E-state index contributed by atoms with van der Waals surface area (Å²) in [6.07, 6.45) is 1.60. The molecule has 0 saturated carbocycles. The Balaban J connectivity index is 1.62. The molecule has 1 aromatic heterocycles. The smallest absolute Gasteiger partial charge is 0.242 e. The van der Waals surface area contributed by atoms with Crippen LogP contribution >= 0.6 is 11.8 Å². The molecular formula is C23H19FN4O2S. The maximum Gasteiger partial charge on any atom is 0.242 e. The summed E-state index contributed by atoms with van der Waals surface area (Å²) in [6, 6.07) is 22.6. The number of anilines is 1. The van der Waals surface area contributed by atoms with E-state index in [1.54, 1.807) is 13.4 Å². The van der Waals surface area contributed by atoms with Gasteiger partial charge in [-0.25, -0.2) is 4.39 Å². The topological polar surface area (TPSA) is 69.0 Å². The van der Waals surface area contributed by atoms with Crippen LogP contribution in [0.2, 0.25) is 0 Å². The van der Waals surface area contributed by atoms with E-state index in [2.05, 4.69) is 15.5 Å². The minimum absolute atomic E-state index is 0.243. The molecule has 1 amide bonds. The Morgan fingerprint density at radius 3 is 2.42 bits per heavy atom. The van der Waals surface area contributed by atoms with Gasteiger partial charge >= 0.3 is 0 Å². The predicted octanol–water partition coefficient (Wildman–Crippen LogP) is 4.89. The van der Waals surface area contributed by atoms with Gasteiger partial charge in [0.2, 0.25) is 5.91 Å². The van der Waals surface area contributed by atoms with E-state index in [1.807, 2.05) is 59.2 Å². The van der Waals surface area contributed by atoms with Crippen molar-refractivity contribution >= 4 is 23.4 Å². The lowest BCUT2D eigenvalue weighted by molar-refractivity contribution is -0.115. The normalized spacial score (nSPS) is 11.7. The minimum atomic E-state index is -0.590. The molecule has 0 saturated heterocycles. The number of halogens is 1. The summed E-state index contributed by atoms with van der Waals surface area (Å²) in [5, 5.41) is 11.1. The molecule has 0 aliphatic carbocycles. The summed E-state index contributed by atoms with van der Waals surface area (Å²) in [6.45, 7) is 0. The number of rotatable bonds is 7. The standard InChI is InChI=1S/C23H19FN4O2S/c1-30-20-13-11-19(12-14-20)28-15-25-27-23(28)31-21(16-5-3-2-4-6-16)22(29)26-18-9-7-17(24)8-10-18/h2-15,21H,1H3,(H,26,29). The van der Waals surface area contributed by atoms with Crippen LogP contribution in [0.25, 0.3) is 5.69 Å². The van der Waals surface area contributed by atoms with Gasteiger partial charge in [0.15, 0.2) is 5.16 Å². The van der Waals surface area contributed by atoms with Gasteiger partial charge in [-0.2, -0.15) is 0 Å². The average Bonchev–Trinajstić information content (AvgIpc) is 3.28. The van der Waals surface area contributed by atoms with Crippen LogP contribution in [0.4, 0.5) is 10.1 Å². The number of hydrogen-bond donors (Lipinski definition) is 1. The zero-order chi connectivity index (χ0) is 21.6. The second-order valence-electron chi connectivity index (χ2n) is 6.59. The van der Waals surface area contributed by atoms with Crippen molar-refractivity contribution in [3.8, 4) is 11.4 Å². The maximum atomic E-state index is 13.2. The number of methoxy groups -OCH3 is 1. The third-order valence-corrected chi connectivity index (χ3v) is 5.75. The lowest BCUT2D eigenvalue weighted by atomic mass is 10.1. The number of amides is 1. The van der Waals surface area contributed by atoms with Crippen LogP contribution in [0.15, 0.2) is 90.3 Å². The third kappa shape index (κ3) is 4.92. The first-order valence-corrected chi connectivity index (χ1v) is 10.3. The molecule has 1 atom stereocenters. The Kier molecular flexibility index (Phi) is 6.28. The molecule has 8 heteroatoms. The van der Waals surface area contributed by atoms with Gasteiger partial charge in [-0.3, -0.25) is 9.36 Å². The van der Waals surface area contributed by atoms with Gasteiger partial charge in [0, 0.05) is 11.4 Å². The predicted molar refractivity (Wildman–Crippen MR) is 118 cm³/mol. The molecule has 4 rings (SSSR count). The fraction of sp³-hybridized carbons (Fsp3) is 0.0870. The van der Waals surface area contributed by atoms with E-state index in [1.165, 1.54) is 36.0 Å². The van der Waals surface area contributed by atoms with Crippen LogP contribution < -0.4 is 10.1 Å². The second-order valence-corrected chi connectivity index (χ2v) is 7.66. The molecule has 1 N–H and O–H groups in total. The van der Waals surface area contributed by atoms with Crippen LogP contribution in [0.1, 0.15) is 10.8 Å². The molecular weight excluding hydrogens is 415 g/mol. The van der Waals surface area contributed by atoms with Gasteiger partial charge in [-0.1, -0.05) is 42.1 Å². The largest absolute Gasteiger partial charge is 0.497 e. The summed E-state index contributed by atoms with van der Waals surface area (Å²) >= 11 is 1.28. The number of thioether (sulfide) groups is 1. The van der Waals surface area contributed by atoms with Crippen molar-refractivity contribution in [3.05, 3.63) is 96.6 Å². The minimum Gasteiger partial charge on any atom is -0.497 e. The highest BCUT2D eigenvalue weighted by molar-refractivity contribution is 8.00. The van der Waals surface area contributed by atoms with Gasteiger partial charge in [0.1, 0.15) is 23.1 Å². The quantitative estimate of drug-likeness (QED) is 0.420. The highest BCUT2D eigenvalue weighted by atomic mass is 32.2. The lowest BCUT2D eigenvalue weighted by Gasteiger charge is -2.17. The number of nitrogens with one attached hydrogen (secondary N) is 1. The molecule has 0 aliphatic rings. The van der Waals surface area contributed by atoms with Crippen LogP contribution in [0, 0.1) is 5.82 Å². The van der Waals surface area contributed by atoms with Crippen LogP contribution in [0.5, 0.6) is 5.75 Å². The van der Waals surface area contributed by atoms with Crippen LogP contribution in [0.3, 0.4) is 0 Å². The third-order valence-electron chi connectivity index (χ3n) is 4.54. The highest BCUT2D eigenvalue weighted by Gasteiger charge is 2.25. The monoisotopic (exact) mass is 434 g/mol. The van der Waals surface area contributed by atoms with Gasteiger partial charge < -0.3 is 10.1 Å². The van der Waals surface area contributed by atoms with Crippen LogP contribution in [-0.2, 0) is 4.79 Å². The van der Waals surface area contributed by atoms with Crippen molar-refractivity contribution in [1.29, 1.82) is 0 Å². The molecule has 156 valence electrons. The Labute approximate surface area is 183 Å². The van der Waals surface area contributed by atoms with E-state index in [0.29, 0.717) is 10.8 Å². The molecule has 4 aromatic rings. The summed E-state index contributed by atoms with van der Waals surface area (Å²) in [4.78, 5) is 13.2. The fourth-order valence-electron chi connectivity index (χ4n) is 2.97. The van der Waals surface area contributed by atoms with E-state index in [4.69, 9.17) is 4.74 Å². The summed E-state index contributed by atoms with van der Waals surface area (Å²) in [5.74, 6) is 0.138. The van der Waals surface area contributed by atoms with Gasteiger partial charge in [0.25, 0.3) is 0 Å². The number of ether oxygens (including phenoxy) is 1. The molecule has 0 radical (unpaired) electrons. The van der Waals surface area contributed by atoms with Crippen molar-refractivity contribution in [1.82, 2.24) is 14.8 Å². The van der Waals surface area contributed by atoms with Crippen molar-refractivity contribution in [2.24, 2.45) is 0 Å². The summed E-state index contributed by atoms with van der Waals surface area (Å²) in [5.41, 5.74) is 2.18. The zero-order valence-electron chi connectivity index (χ0n) is 16.6. The molecule has 0 aliphatic heterocycles. The van der Waals surface area contributed by atoms with Crippen molar-refractivity contribution in [2.75, 3.05) is 12.4 Å².